The normalized spacial score (nSPS) is 21.9. The maximum Gasteiger partial charge on any atom is 0.179 e. The lowest BCUT2D eigenvalue weighted by atomic mass is 10.1. The number of rotatable bonds is 1. The Morgan fingerprint density at radius 2 is 2.43 bits per heavy atom. The molecule has 2 rings (SSSR count). The number of nitrogens with zero attached hydrogens (tertiary/aromatic N) is 1. The van der Waals surface area contributed by atoms with Crippen molar-refractivity contribution in [1.29, 1.82) is 0 Å². The summed E-state index contributed by atoms with van der Waals surface area (Å²) in [6, 6.07) is 1.88. The first-order valence-corrected chi connectivity index (χ1v) is 5.41. The lowest BCUT2D eigenvalue weighted by Crippen LogP contribution is -2.16. The number of halogens is 1. The molecule has 3 nitrogen and oxygen atoms in total. The van der Waals surface area contributed by atoms with Gasteiger partial charge in [-0.25, -0.2) is 0 Å². The molecule has 0 aromatic carbocycles. The summed E-state index contributed by atoms with van der Waals surface area (Å²) in [6.07, 6.45) is 3.48. The highest BCUT2D eigenvalue weighted by Gasteiger charge is 2.21. The van der Waals surface area contributed by atoms with Gasteiger partial charge in [-0.05, 0) is 28.4 Å². The van der Waals surface area contributed by atoms with Gasteiger partial charge in [-0.2, -0.15) is 0 Å². The quantitative estimate of drug-likeness (QED) is 0.773. The predicted molar refractivity (Wildman–Crippen MR) is 56.5 cm³/mol. The van der Waals surface area contributed by atoms with Gasteiger partial charge in [-0.3, -0.25) is 4.79 Å². The van der Waals surface area contributed by atoms with Crippen LogP contribution in [-0.2, 0) is 11.3 Å². The van der Waals surface area contributed by atoms with Crippen LogP contribution in [0.5, 0.6) is 0 Å². The second-order valence-electron chi connectivity index (χ2n) is 3.52. The number of hydrogen-bond donors (Lipinski definition) is 0. The van der Waals surface area contributed by atoms with Crippen LogP contribution in [0.25, 0.3) is 0 Å². The molecule has 1 aliphatic heterocycles. The molecule has 0 saturated heterocycles. The highest BCUT2D eigenvalue weighted by atomic mass is 79.9. The van der Waals surface area contributed by atoms with Gasteiger partial charge in [0.25, 0.3) is 0 Å². The van der Waals surface area contributed by atoms with Crippen molar-refractivity contribution in [1.82, 2.24) is 4.57 Å². The van der Waals surface area contributed by atoms with E-state index in [1.54, 1.807) is 7.11 Å². The van der Waals surface area contributed by atoms with Crippen molar-refractivity contribution in [3.8, 4) is 0 Å². The molecule has 1 aromatic rings. The van der Waals surface area contributed by atoms with Crippen LogP contribution in [0.2, 0.25) is 0 Å². The van der Waals surface area contributed by atoms with E-state index in [2.05, 4.69) is 15.9 Å². The summed E-state index contributed by atoms with van der Waals surface area (Å²) in [6.45, 7) is 0.767. The van der Waals surface area contributed by atoms with Crippen LogP contribution >= 0.6 is 15.9 Å². The second-order valence-corrected chi connectivity index (χ2v) is 4.43. The van der Waals surface area contributed by atoms with E-state index in [9.17, 15) is 4.79 Å². The number of aromatic nitrogens is 1. The van der Waals surface area contributed by atoms with E-state index in [1.807, 2.05) is 16.8 Å². The van der Waals surface area contributed by atoms with Crippen LogP contribution < -0.4 is 0 Å². The third-order valence-electron chi connectivity index (χ3n) is 2.58. The Hall–Kier alpha value is -0.610. The molecule has 4 heteroatoms. The molecule has 0 fully saturated rings. The lowest BCUT2D eigenvalue weighted by Gasteiger charge is -2.12. The average Bonchev–Trinajstić information content (AvgIpc) is 2.46. The molecular formula is C10H12BrNO2. The van der Waals surface area contributed by atoms with Gasteiger partial charge in [0.15, 0.2) is 5.78 Å². The summed E-state index contributed by atoms with van der Waals surface area (Å²) in [5.74, 6) is 0.204. The minimum atomic E-state index is 0.152. The van der Waals surface area contributed by atoms with Gasteiger partial charge in [0, 0.05) is 30.7 Å². The summed E-state index contributed by atoms with van der Waals surface area (Å²) < 4.78 is 8.22. The van der Waals surface area contributed by atoms with Gasteiger partial charge in [-0.15, -0.1) is 0 Å². The average molecular weight is 258 g/mol. The second kappa shape index (κ2) is 3.87. The van der Waals surface area contributed by atoms with Crippen molar-refractivity contribution in [3.05, 3.63) is 22.4 Å². The molecule has 76 valence electrons. The van der Waals surface area contributed by atoms with Crippen molar-refractivity contribution < 1.29 is 9.53 Å². The van der Waals surface area contributed by atoms with Gasteiger partial charge in [-0.1, -0.05) is 0 Å². The fraction of sp³-hybridized carbons (Fsp3) is 0.500. The molecule has 14 heavy (non-hydrogen) atoms. The Balaban J connectivity index is 2.34. The zero-order valence-corrected chi connectivity index (χ0v) is 9.58. The molecule has 0 amide bonds. The Bertz CT molecular complexity index is 359. The fourth-order valence-corrected chi connectivity index (χ4v) is 2.25. The smallest absolute Gasteiger partial charge is 0.179 e. The maximum atomic E-state index is 11.7. The van der Waals surface area contributed by atoms with Crippen LogP contribution in [0.1, 0.15) is 23.3 Å². The fourth-order valence-electron chi connectivity index (χ4n) is 1.78. The summed E-state index contributed by atoms with van der Waals surface area (Å²) in [4.78, 5) is 11.7. The number of carbonyl (C=O) groups excluding carboxylic acids is 1. The van der Waals surface area contributed by atoms with Crippen LogP contribution in [0.15, 0.2) is 16.7 Å². The zero-order valence-electron chi connectivity index (χ0n) is 8.00. The number of carbonyl (C=O) groups is 1. The Kier molecular flexibility index (Phi) is 2.74. The summed E-state index contributed by atoms with van der Waals surface area (Å²) in [5, 5.41) is 0. The monoisotopic (exact) mass is 257 g/mol. The Morgan fingerprint density at radius 3 is 3.14 bits per heavy atom. The first-order valence-electron chi connectivity index (χ1n) is 4.62. The van der Waals surface area contributed by atoms with E-state index in [0.717, 1.165) is 23.1 Å². The standard InChI is InChI=1S/C10H12BrNO2/c1-14-8-2-3-10(13)9-4-7(11)5-12(9)6-8/h4-5,8H,2-3,6H2,1H3/t8-/m1/s1. The number of ether oxygens (including phenoxy) is 1. The maximum absolute atomic E-state index is 11.7. The van der Waals surface area contributed by atoms with Gasteiger partial charge in [0.2, 0.25) is 0 Å². The summed E-state index contributed by atoms with van der Waals surface area (Å²) in [5.41, 5.74) is 0.788. The van der Waals surface area contributed by atoms with Crippen molar-refractivity contribution in [3.63, 3.8) is 0 Å². The van der Waals surface area contributed by atoms with E-state index in [1.165, 1.54) is 0 Å². The number of Topliss-reactive ketones (excluding diaryl/α,β-unsaturated/α-hetero) is 1. The molecule has 0 N–H and O–H groups in total. The molecule has 0 radical (unpaired) electrons. The molecule has 1 aromatic heterocycles. The minimum absolute atomic E-state index is 0.152. The summed E-state index contributed by atoms with van der Waals surface area (Å²) >= 11 is 3.37. The first-order chi connectivity index (χ1) is 6.70. The topological polar surface area (TPSA) is 31.2 Å². The van der Waals surface area contributed by atoms with Gasteiger partial charge >= 0.3 is 0 Å². The van der Waals surface area contributed by atoms with Gasteiger partial charge in [0.05, 0.1) is 11.8 Å². The molecule has 1 aliphatic rings. The highest BCUT2D eigenvalue weighted by molar-refractivity contribution is 9.10. The number of hydrogen-bond acceptors (Lipinski definition) is 2. The van der Waals surface area contributed by atoms with Gasteiger partial charge in [0.1, 0.15) is 0 Å². The molecule has 0 unspecified atom stereocenters. The predicted octanol–water partition coefficient (Wildman–Crippen LogP) is 2.24. The van der Waals surface area contributed by atoms with Crippen LogP contribution in [0, 0.1) is 0 Å². The molecule has 2 heterocycles. The van der Waals surface area contributed by atoms with Crippen LogP contribution in [0.3, 0.4) is 0 Å². The molecule has 0 saturated carbocycles. The Morgan fingerprint density at radius 1 is 1.64 bits per heavy atom. The lowest BCUT2D eigenvalue weighted by molar-refractivity contribution is 0.0788. The van der Waals surface area contributed by atoms with Crippen molar-refractivity contribution >= 4 is 21.7 Å². The molecule has 0 spiro atoms. The van der Waals surface area contributed by atoms with Crippen LogP contribution in [0.4, 0.5) is 0 Å². The zero-order chi connectivity index (χ0) is 10.1. The van der Waals surface area contributed by atoms with E-state index in [0.29, 0.717) is 6.42 Å². The molecular weight excluding hydrogens is 246 g/mol. The van der Waals surface area contributed by atoms with Crippen LogP contribution in [-0.4, -0.2) is 23.6 Å². The van der Waals surface area contributed by atoms with E-state index >= 15 is 0 Å². The third-order valence-corrected chi connectivity index (χ3v) is 3.01. The molecule has 0 aliphatic carbocycles. The summed E-state index contributed by atoms with van der Waals surface area (Å²) in [7, 11) is 1.69. The van der Waals surface area contributed by atoms with E-state index in [4.69, 9.17) is 4.74 Å². The van der Waals surface area contributed by atoms with E-state index < -0.39 is 0 Å². The van der Waals surface area contributed by atoms with Crippen molar-refractivity contribution in [2.45, 2.75) is 25.5 Å². The SMILES string of the molecule is CO[C@@H]1CCC(=O)c2cc(Br)cn2C1. The van der Waals surface area contributed by atoms with Gasteiger partial charge < -0.3 is 9.30 Å². The minimum Gasteiger partial charge on any atom is -0.380 e. The molecule has 1 atom stereocenters. The van der Waals surface area contributed by atoms with Crippen molar-refractivity contribution in [2.24, 2.45) is 0 Å². The Labute approximate surface area is 91.2 Å². The number of methoxy groups -OCH3 is 1. The number of ketones is 1. The largest absolute Gasteiger partial charge is 0.380 e. The number of fused-ring (bicyclic) bond motifs is 1. The highest BCUT2D eigenvalue weighted by Crippen LogP contribution is 2.22. The molecule has 0 bridgehead atoms. The van der Waals surface area contributed by atoms with Crippen molar-refractivity contribution in [2.75, 3.05) is 7.11 Å². The first kappa shape index (κ1) is 9.93. The third kappa shape index (κ3) is 1.77. The van der Waals surface area contributed by atoms with E-state index in [-0.39, 0.29) is 11.9 Å².